The predicted molar refractivity (Wildman–Crippen MR) is 88.6 cm³/mol. The zero-order chi connectivity index (χ0) is 15.4. The molecule has 2 aromatic rings. The van der Waals surface area contributed by atoms with Gasteiger partial charge in [0.05, 0.1) is 6.10 Å². The number of benzene rings is 2. The molecule has 0 radical (unpaired) electrons. The van der Waals surface area contributed by atoms with Crippen molar-refractivity contribution in [1.82, 2.24) is 0 Å². The van der Waals surface area contributed by atoms with Gasteiger partial charge in [0.25, 0.3) is 0 Å². The number of amides is 2. The summed E-state index contributed by atoms with van der Waals surface area (Å²) in [6.07, 6.45) is -0.516. The van der Waals surface area contributed by atoms with Gasteiger partial charge in [-0.1, -0.05) is 34.1 Å². The van der Waals surface area contributed by atoms with Crippen LogP contribution in [0.15, 0.2) is 46.9 Å². The third kappa shape index (κ3) is 4.31. The summed E-state index contributed by atoms with van der Waals surface area (Å²) >= 11 is 3.38. The quantitative estimate of drug-likeness (QED) is 0.766. The Labute approximate surface area is 132 Å². The van der Waals surface area contributed by atoms with Gasteiger partial charge in [-0.05, 0) is 49.2 Å². The van der Waals surface area contributed by atoms with Crippen LogP contribution in [-0.2, 0) is 0 Å². The zero-order valence-corrected chi connectivity index (χ0v) is 13.4. The van der Waals surface area contributed by atoms with Crippen LogP contribution in [0.1, 0.15) is 24.2 Å². The highest BCUT2D eigenvalue weighted by atomic mass is 79.9. The van der Waals surface area contributed by atoms with Crippen LogP contribution in [0, 0.1) is 6.92 Å². The van der Waals surface area contributed by atoms with Crippen molar-refractivity contribution < 1.29 is 9.90 Å². The molecule has 3 N–H and O–H groups in total. The standard InChI is InChI=1S/C16H17BrN2O2/c1-10-3-6-13(17)9-15(10)19-16(21)18-14-7-4-12(5-8-14)11(2)20/h3-9,11,20H,1-2H3,(H2,18,19,21). The van der Waals surface area contributed by atoms with Crippen molar-refractivity contribution in [1.29, 1.82) is 0 Å². The first-order chi connectivity index (χ1) is 9.95. The molecule has 0 aromatic heterocycles. The van der Waals surface area contributed by atoms with Crippen LogP contribution in [0.5, 0.6) is 0 Å². The Morgan fingerprint density at radius 2 is 1.81 bits per heavy atom. The first-order valence-electron chi connectivity index (χ1n) is 6.58. The molecule has 110 valence electrons. The second-order valence-corrected chi connectivity index (χ2v) is 5.75. The van der Waals surface area contributed by atoms with E-state index in [4.69, 9.17) is 0 Å². The molecule has 2 rings (SSSR count). The molecule has 0 fully saturated rings. The molecular weight excluding hydrogens is 332 g/mol. The minimum atomic E-state index is -0.516. The largest absolute Gasteiger partial charge is 0.389 e. The Morgan fingerprint density at radius 1 is 1.14 bits per heavy atom. The van der Waals surface area contributed by atoms with Gasteiger partial charge >= 0.3 is 6.03 Å². The number of carbonyl (C=O) groups is 1. The second-order valence-electron chi connectivity index (χ2n) is 4.84. The maximum absolute atomic E-state index is 12.0. The number of halogens is 1. The van der Waals surface area contributed by atoms with Crippen LogP contribution in [-0.4, -0.2) is 11.1 Å². The maximum atomic E-state index is 12.0. The summed E-state index contributed by atoms with van der Waals surface area (Å²) in [6, 6.07) is 12.5. The molecule has 2 amide bonds. The molecule has 0 aliphatic carbocycles. The van der Waals surface area contributed by atoms with Crippen LogP contribution in [0.2, 0.25) is 0 Å². The summed E-state index contributed by atoms with van der Waals surface area (Å²) in [5.41, 5.74) is 3.22. The van der Waals surface area contributed by atoms with Crippen molar-refractivity contribution >= 4 is 33.3 Å². The van der Waals surface area contributed by atoms with Gasteiger partial charge in [0.2, 0.25) is 0 Å². The van der Waals surface area contributed by atoms with E-state index >= 15 is 0 Å². The molecule has 0 spiro atoms. The van der Waals surface area contributed by atoms with Crippen molar-refractivity contribution in [2.45, 2.75) is 20.0 Å². The first kappa shape index (κ1) is 15.5. The fourth-order valence-electron chi connectivity index (χ4n) is 1.86. The van der Waals surface area contributed by atoms with E-state index in [2.05, 4.69) is 26.6 Å². The normalized spacial score (nSPS) is 11.8. The molecule has 0 saturated carbocycles. The van der Waals surface area contributed by atoms with Crippen molar-refractivity contribution in [2.75, 3.05) is 10.6 Å². The lowest BCUT2D eigenvalue weighted by Gasteiger charge is -2.11. The molecule has 4 nitrogen and oxygen atoms in total. The molecule has 2 aromatic carbocycles. The fraction of sp³-hybridized carbons (Fsp3) is 0.188. The van der Waals surface area contributed by atoms with Crippen molar-refractivity contribution in [3.63, 3.8) is 0 Å². The minimum absolute atomic E-state index is 0.305. The Morgan fingerprint density at radius 3 is 2.43 bits per heavy atom. The molecule has 0 heterocycles. The molecule has 0 bridgehead atoms. The van der Waals surface area contributed by atoms with Crippen LogP contribution >= 0.6 is 15.9 Å². The maximum Gasteiger partial charge on any atom is 0.323 e. The Balaban J connectivity index is 2.03. The van der Waals surface area contributed by atoms with Gasteiger partial charge in [-0.25, -0.2) is 4.79 Å². The highest BCUT2D eigenvalue weighted by molar-refractivity contribution is 9.10. The van der Waals surface area contributed by atoms with E-state index < -0.39 is 6.10 Å². The zero-order valence-electron chi connectivity index (χ0n) is 11.9. The number of aryl methyl sites for hydroxylation is 1. The Hall–Kier alpha value is -1.85. The lowest BCUT2D eigenvalue weighted by Crippen LogP contribution is -2.20. The van der Waals surface area contributed by atoms with Crippen LogP contribution in [0.25, 0.3) is 0 Å². The van der Waals surface area contributed by atoms with Crippen molar-refractivity contribution in [2.24, 2.45) is 0 Å². The van der Waals surface area contributed by atoms with Crippen LogP contribution < -0.4 is 10.6 Å². The number of nitrogens with one attached hydrogen (secondary N) is 2. The van der Waals surface area contributed by atoms with Gasteiger partial charge < -0.3 is 15.7 Å². The minimum Gasteiger partial charge on any atom is -0.389 e. The number of hydrogen-bond donors (Lipinski definition) is 3. The Kier molecular flexibility index (Phi) is 4.98. The number of rotatable bonds is 3. The summed E-state index contributed by atoms with van der Waals surface area (Å²) in [5.74, 6) is 0. The predicted octanol–water partition coefficient (Wildman–Crippen LogP) is 4.45. The topological polar surface area (TPSA) is 61.4 Å². The highest BCUT2D eigenvalue weighted by Crippen LogP contribution is 2.21. The third-order valence-electron chi connectivity index (χ3n) is 3.10. The number of urea groups is 1. The van der Waals surface area contributed by atoms with E-state index in [9.17, 15) is 9.90 Å². The average molecular weight is 349 g/mol. The molecule has 5 heteroatoms. The van der Waals surface area contributed by atoms with Crippen molar-refractivity contribution in [3.05, 3.63) is 58.1 Å². The second kappa shape index (κ2) is 6.74. The van der Waals surface area contributed by atoms with Gasteiger partial charge in [-0.2, -0.15) is 0 Å². The molecule has 1 atom stereocenters. The molecule has 0 aliphatic heterocycles. The van der Waals surface area contributed by atoms with Gasteiger partial charge in [0, 0.05) is 15.8 Å². The fourth-order valence-corrected chi connectivity index (χ4v) is 2.22. The van der Waals surface area contributed by atoms with Gasteiger partial charge in [0.1, 0.15) is 0 Å². The van der Waals surface area contributed by atoms with Gasteiger partial charge in [-0.3, -0.25) is 0 Å². The number of hydrogen-bond acceptors (Lipinski definition) is 2. The van der Waals surface area contributed by atoms with Gasteiger partial charge in [-0.15, -0.1) is 0 Å². The lowest BCUT2D eigenvalue weighted by atomic mass is 10.1. The Bertz CT molecular complexity index is 639. The smallest absolute Gasteiger partial charge is 0.323 e. The van der Waals surface area contributed by atoms with Crippen molar-refractivity contribution in [3.8, 4) is 0 Å². The van der Waals surface area contributed by atoms with E-state index in [1.165, 1.54) is 0 Å². The summed E-state index contributed by atoms with van der Waals surface area (Å²) in [4.78, 5) is 12.0. The van der Waals surface area contributed by atoms with E-state index in [1.54, 1.807) is 31.2 Å². The average Bonchev–Trinajstić information content (AvgIpc) is 2.43. The third-order valence-corrected chi connectivity index (χ3v) is 3.59. The van der Waals surface area contributed by atoms with E-state index in [1.807, 2.05) is 25.1 Å². The summed E-state index contributed by atoms with van der Waals surface area (Å²) in [7, 11) is 0. The summed E-state index contributed by atoms with van der Waals surface area (Å²) in [5, 5.41) is 15.0. The lowest BCUT2D eigenvalue weighted by molar-refractivity contribution is 0.199. The SMILES string of the molecule is Cc1ccc(Br)cc1NC(=O)Nc1ccc(C(C)O)cc1. The molecule has 1 unspecified atom stereocenters. The molecular formula is C16H17BrN2O2. The molecule has 21 heavy (non-hydrogen) atoms. The van der Waals surface area contributed by atoms with Gasteiger partial charge in [0.15, 0.2) is 0 Å². The van der Waals surface area contributed by atoms with E-state index in [0.717, 1.165) is 21.3 Å². The highest BCUT2D eigenvalue weighted by Gasteiger charge is 2.06. The van der Waals surface area contributed by atoms with Crippen LogP contribution in [0.3, 0.4) is 0 Å². The summed E-state index contributed by atoms with van der Waals surface area (Å²) in [6.45, 7) is 3.63. The molecule has 0 aliphatic rings. The molecule has 0 saturated heterocycles. The van der Waals surface area contributed by atoms with E-state index in [-0.39, 0.29) is 6.03 Å². The monoisotopic (exact) mass is 348 g/mol. The number of anilines is 2. The first-order valence-corrected chi connectivity index (χ1v) is 7.37. The number of carbonyl (C=O) groups excluding carboxylic acids is 1. The van der Waals surface area contributed by atoms with E-state index in [0.29, 0.717) is 5.69 Å². The summed E-state index contributed by atoms with van der Waals surface area (Å²) < 4.78 is 0.907. The number of aliphatic hydroxyl groups is 1. The van der Waals surface area contributed by atoms with Crippen LogP contribution in [0.4, 0.5) is 16.2 Å². The number of aliphatic hydroxyl groups excluding tert-OH is 1.